The summed E-state index contributed by atoms with van der Waals surface area (Å²) in [6.45, 7) is 7.51. The minimum absolute atomic E-state index is 0.0428. The Morgan fingerprint density at radius 3 is 2.68 bits per heavy atom. The topological polar surface area (TPSA) is 65.2 Å². The minimum Gasteiger partial charge on any atom is -0.459 e. The first-order valence-corrected chi connectivity index (χ1v) is 7.33. The van der Waals surface area contributed by atoms with Crippen molar-refractivity contribution in [1.82, 2.24) is 4.98 Å². The van der Waals surface area contributed by atoms with E-state index in [0.717, 1.165) is 5.56 Å². The zero-order valence-corrected chi connectivity index (χ0v) is 12.7. The highest BCUT2D eigenvalue weighted by atomic mass is 32.2. The molecule has 0 aromatic carbocycles. The van der Waals surface area contributed by atoms with E-state index in [0.29, 0.717) is 5.75 Å². The summed E-state index contributed by atoms with van der Waals surface area (Å²) in [5.74, 6) is 0.0743. The van der Waals surface area contributed by atoms with E-state index in [9.17, 15) is 4.79 Å². The fourth-order valence-electron chi connectivity index (χ4n) is 1.62. The normalized spacial score (nSPS) is 14.8. The Morgan fingerprint density at radius 1 is 1.53 bits per heavy atom. The Hall–Kier alpha value is -1.07. The Kier molecular flexibility index (Phi) is 5.82. The van der Waals surface area contributed by atoms with Crippen molar-refractivity contribution in [3.05, 3.63) is 30.1 Å². The van der Waals surface area contributed by atoms with Crippen molar-refractivity contribution in [2.24, 2.45) is 5.73 Å². The molecule has 2 unspecified atom stereocenters. The molecule has 0 aliphatic carbocycles. The molecule has 0 saturated carbocycles. The summed E-state index contributed by atoms with van der Waals surface area (Å²) in [5, 5.41) is 0.0428. The third-order valence-corrected chi connectivity index (χ3v) is 3.75. The van der Waals surface area contributed by atoms with Crippen LogP contribution in [0.5, 0.6) is 0 Å². The van der Waals surface area contributed by atoms with Gasteiger partial charge in [0.15, 0.2) is 0 Å². The number of carbonyl (C=O) groups excluding carboxylic acids is 1. The molecular weight excluding hydrogens is 260 g/mol. The van der Waals surface area contributed by atoms with E-state index >= 15 is 0 Å². The highest BCUT2D eigenvalue weighted by Crippen LogP contribution is 2.31. The van der Waals surface area contributed by atoms with E-state index in [4.69, 9.17) is 10.5 Å². The van der Waals surface area contributed by atoms with Gasteiger partial charge in [-0.1, -0.05) is 6.07 Å². The van der Waals surface area contributed by atoms with Crippen molar-refractivity contribution in [3.63, 3.8) is 0 Å². The smallest absolute Gasteiger partial charge is 0.316 e. The fourth-order valence-corrected chi connectivity index (χ4v) is 2.63. The van der Waals surface area contributed by atoms with Gasteiger partial charge in [-0.15, -0.1) is 11.8 Å². The van der Waals surface area contributed by atoms with Gasteiger partial charge in [0, 0.05) is 23.7 Å². The largest absolute Gasteiger partial charge is 0.459 e. The number of rotatable bonds is 5. The van der Waals surface area contributed by atoms with Gasteiger partial charge in [0.25, 0.3) is 0 Å². The van der Waals surface area contributed by atoms with E-state index in [1.54, 1.807) is 12.4 Å². The second kappa shape index (κ2) is 6.91. The zero-order valence-electron chi connectivity index (χ0n) is 11.9. The van der Waals surface area contributed by atoms with Crippen LogP contribution in [0.4, 0.5) is 0 Å². The predicted molar refractivity (Wildman–Crippen MR) is 78.9 cm³/mol. The summed E-state index contributed by atoms with van der Waals surface area (Å²) in [5.41, 5.74) is 6.57. The standard InChI is InChI=1S/C14H22N2O2S/c1-10(15)13(11-6-5-7-16-8-11)19-9-12(17)18-14(2,3)4/h5-8,10,13H,9,15H2,1-4H3. The van der Waals surface area contributed by atoms with E-state index in [2.05, 4.69) is 4.98 Å². The lowest BCUT2D eigenvalue weighted by Gasteiger charge is -2.22. The highest BCUT2D eigenvalue weighted by Gasteiger charge is 2.21. The molecule has 1 aromatic rings. The predicted octanol–water partition coefficient (Wildman–Crippen LogP) is 2.54. The Bertz CT molecular complexity index is 402. The van der Waals surface area contributed by atoms with Crippen LogP contribution in [0.15, 0.2) is 24.5 Å². The maximum atomic E-state index is 11.7. The van der Waals surface area contributed by atoms with Crippen molar-refractivity contribution in [2.45, 2.75) is 44.6 Å². The van der Waals surface area contributed by atoms with Crippen LogP contribution >= 0.6 is 11.8 Å². The first kappa shape index (κ1) is 16.0. The lowest BCUT2D eigenvalue weighted by Crippen LogP contribution is -2.27. The number of nitrogens with two attached hydrogens (primary N) is 1. The van der Waals surface area contributed by atoms with Gasteiger partial charge in [-0.05, 0) is 39.3 Å². The Labute approximate surface area is 119 Å². The number of hydrogen-bond donors (Lipinski definition) is 1. The maximum Gasteiger partial charge on any atom is 0.316 e. The molecule has 106 valence electrons. The Balaban J connectivity index is 2.59. The molecule has 5 heteroatoms. The summed E-state index contributed by atoms with van der Waals surface area (Å²) < 4.78 is 5.29. The lowest BCUT2D eigenvalue weighted by molar-refractivity contribution is -0.151. The van der Waals surface area contributed by atoms with Crippen molar-refractivity contribution in [2.75, 3.05) is 5.75 Å². The highest BCUT2D eigenvalue weighted by molar-refractivity contribution is 8.00. The van der Waals surface area contributed by atoms with Crippen LogP contribution < -0.4 is 5.73 Å². The molecule has 0 spiro atoms. The van der Waals surface area contributed by atoms with E-state index < -0.39 is 5.60 Å². The molecule has 2 N–H and O–H groups in total. The van der Waals surface area contributed by atoms with Crippen molar-refractivity contribution >= 4 is 17.7 Å². The number of hydrogen-bond acceptors (Lipinski definition) is 5. The number of nitrogens with zero attached hydrogens (tertiary/aromatic N) is 1. The third kappa shape index (κ3) is 6.07. The van der Waals surface area contributed by atoms with Gasteiger partial charge in [-0.25, -0.2) is 0 Å². The van der Waals surface area contributed by atoms with Gasteiger partial charge >= 0.3 is 5.97 Å². The second-order valence-electron chi connectivity index (χ2n) is 5.46. The second-order valence-corrected chi connectivity index (χ2v) is 6.59. The number of ether oxygens (including phenoxy) is 1. The molecule has 0 bridgehead atoms. The molecule has 1 heterocycles. The minimum atomic E-state index is -0.449. The molecule has 0 radical (unpaired) electrons. The van der Waals surface area contributed by atoms with Crippen LogP contribution in [0.2, 0.25) is 0 Å². The van der Waals surface area contributed by atoms with Crippen molar-refractivity contribution < 1.29 is 9.53 Å². The fraction of sp³-hybridized carbons (Fsp3) is 0.571. The SMILES string of the molecule is CC(N)C(SCC(=O)OC(C)(C)C)c1cccnc1. The molecule has 4 nitrogen and oxygen atoms in total. The number of pyridine rings is 1. The molecule has 1 rings (SSSR count). The summed E-state index contributed by atoms with van der Waals surface area (Å²) >= 11 is 1.49. The van der Waals surface area contributed by atoms with E-state index in [-0.39, 0.29) is 17.3 Å². The average Bonchev–Trinajstić information content (AvgIpc) is 2.27. The molecule has 19 heavy (non-hydrogen) atoms. The van der Waals surface area contributed by atoms with Crippen LogP contribution in [-0.4, -0.2) is 28.3 Å². The summed E-state index contributed by atoms with van der Waals surface area (Å²) in [7, 11) is 0. The first-order chi connectivity index (χ1) is 8.79. The molecule has 0 amide bonds. The van der Waals surface area contributed by atoms with Crippen molar-refractivity contribution in [3.8, 4) is 0 Å². The monoisotopic (exact) mass is 282 g/mol. The molecule has 0 aliphatic rings. The molecule has 0 aliphatic heterocycles. The number of esters is 1. The molecule has 0 saturated heterocycles. The first-order valence-electron chi connectivity index (χ1n) is 6.28. The number of thioether (sulfide) groups is 1. The molecule has 2 atom stereocenters. The van der Waals surface area contributed by atoms with Gasteiger partial charge in [0.1, 0.15) is 5.60 Å². The van der Waals surface area contributed by atoms with Crippen LogP contribution in [0.1, 0.15) is 38.5 Å². The van der Waals surface area contributed by atoms with Gasteiger partial charge in [-0.3, -0.25) is 9.78 Å². The van der Waals surface area contributed by atoms with Crippen LogP contribution in [0.25, 0.3) is 0 Å². The molecular formula is C14H22N2O2S. The third-order valence-electron chi connectivity index (χ3n) is 2.29. The van der Waals surface area contributed by atoms with E-state index in [1.165, 1.54) is 11.8 Å². The zero-order chi connectivity index (χ0) is 14.5. The van der Waals surface area contributed by atoms with Gasteiger partial charge in [-0.2, -0.15) is 0 Å². The Morgan fingerprint density at radius 2 is 2.21 bits per heavy atom. The quantitative estimate of drug-likeness (QED) is 0.841. The number of aromatic nitrogens is 1. The summed E-state index contributed by atoms with van der Waals surface area (Å²) in [4.78, 5) is 15.8. The lowest BCUT2D eigenvalue weighted by atomic mass is 10.1. The van der Waals surface area contributed by atoms with E-state index in [1.807, 2.05) is 39.8 Å². The van der Waals surface area contributed by atoms with Gasteiger partial charge in [0.2, 0.25) is 0 Å². The van der Waals surface area contributed by atoms with Gasteiger partial charge in [0.05, 0.1) is 5.75 Å². The molecule has 0 fully saturated rings. The average molecular weight is 282 g/mol. The van der Waals surface area contributed by atoms with Crippen molar-refractivity contribution in [1.29, 1.82) is 0 Å². The molecule has 1 aromatic heterocycles. The van der Waals surface area contributed by atoms with Gasteiger partial charge < -0.3 is 10.5 Å². The summed E-state index contributed by atoms with van der Waals surface area (Å²) in [6.07, 6.45) is 3.51. The number of carbonyl (C=O) groups is 1. The van der Waals surface area contributed by atoms with Crippen LogP contribution in [0.3, 0.4) is 0 Å². The maximum absolute atomic E-state index is 11.7. The summed E-state index contributed by atoms with van der Waals surface area (Å²) in [6, 6.07) is 3.79. The van der Waals surface area contributed by atoms with Crippen LogP contribution in [0, 0.1) is 0 Å². The van der Waals surface area contributed by atoms with Crippen LogP contribution in [-0.2, 0) is 9.53 Å².